The van der Waals surface area contributed by atoms with Crippen molar-refractivity contribution in [2.45, 2.75) is 58.9 Å². The van der Waals surface area contributed by atoms with E-state index in [0.717, 1.165) is 38.6 Å². The number of nitrogens with zero attached hydrogens (tertiary/aromatic N) is 1. The fourth-order valence-electron chi connectivity index (χ4n) is 2.68. The predicted molar refractivity (Wildman–Crippen MR) is 76.4 cm³/mol. The van der Waals surface area contributed by atoms with Crippen molar-refractivity contribution in [1.82, 2.24) is 4.90 Å². The molecular weight excluding hydrogens is 242 g/mol. The monoisotopic (exact) mass is 271 g/mol. The van der Waals surface area contributed by atoms with Gasteiger partial charge in [-0.2, -0.15) is 0 Å². The van der Waals surface area contributed by atoms with Gasteiger partial charge < -0.3 is 9.84 Å². The topological polar surface area (TPSA) is 49.8 Å². The van der Waals surface area contributed by atoms with Crippen molar-refractivity contribution >= 4 is 5.97 Å². The molecule has 0 amide bonds. The Labute approximate surface area is 117 Å². The summed E-state index contributed by atoms with van der Waals surface area (Å²) >= 11 is 0. The highest BCUT2D eigenvalue weighted by atomic mass is 16.5. The van der Waals surface area contributed by atoms with E-state index in [1.807, 2.05) is 0 Å². The zero-order valence-electron chi connectivity index (χ0n) is 12.7. The van der Waals surface area contributed by atoms with Crippen LogP contribution in [0.3, 0.4) is 0 Å². The normalized spacial score (nSPS) is 25.5. The van der Waals surface area contributed by atoms with Gasteiger partial charge in [0.05, 0.1) is 6.61 Å². The molecule has 0 aliphatic carbocycles. The lowest BCUT2D eigenvalue weighted by Crippen LogP contribution is -2.50. The lowest BCUT2D eigenvalue weighted by atomic mass is 9.81. The molecule has 4 nitrogen and oxygen atoms in total. The fraction of sp³-hybridized carbons (Fsp3) is 0.933. The maximum absolute atomic E-state index is 11.7. The molecule has 0 radical (unpaired) electrons. The average molecular weight is 271 g/mol. The molecule has 112 valence electrons. The molecule has 19 heavy (non-hydrogen) atoms. The van der Waals surface area contributed by atoms with E-state index < -0.39 is 11.4 Å². The standard InChI is InChI=1S/C15H29NO3/c1-4-6-9-16(13(3)5-2)11-15(14(17)18)8-7-10-19-12-15/h13H,4-12H2,1-3H3,(H,17,18). The van der Waals surface area contributed by atoms with Gasteiger partial charge in [-0.25, -0.2) is 0 Å². The predicted octanol–water partition coefficient (Wildman–Crippen LogP) is 2.77. The van der Waals surface area contributed by atoms with Crippen LogP contribution in [0.1, 0.15) is 52.9 Å². The third-order valence-corrected chi connectivity index (χ3v) is 4.29. The Morgan fingerprint density at radius 1 is 1.47 bits per heavy atom. The molecule has 0 aromatic heterocycles. The molecule has 0 aromatic rings. The number of carbonyl (C=O) groups is 1. The molecule has 1 rings (SSSR count). The summed E-state index contributed by atoms with van der Waals surface area (Å²) in [5, 5.41) is 9.61. The SMILES string of the molecule is CCCCN(CC1(C(=O)O)CCCOC1)C(C)CC. The van der Waals surface area contributed by atoms with Crippen LogP contribution in [0.25, 0.3) is 0 Å². The minimum absolute atomic E-state index is 0.362. The molecule has 0 spiro atoms. The number of hydrogen-bond donors (Lipinski definition) is 1. The van der Waals surface area contributed by atoms with E-state index in [9.17, 15) is 9.90 Å². The number of unbranched alkanes of at least 4 members (excludes halogenated alkanes) is 1. The second kappa shape index (κ2) is 7.85. The van der Waals surface area contributed by atoms with Crippen molar-refractivity contribution < 1.29 is 14.6 Å². The Hall–Kier alpha value is -0.610. The van der Waals surface area contributed by atoms with Crippen LogP contribution in [0.5, 0.6) is 0 Å². The summed E-state index contributed by atoms with van der Waals surface area (Å²) in [5.74, 6) is -0.697. The molecule has 1 heterocycles. The minimum Gasteiger partial charge on any atom is -0.481 e. The molecule has 4 heteroatoms. The van der Waals surface area contributed by atoms with Crippen molar-refractivity contribution in [2.75, 3.05) is 26.3 Å². The first-order chi connectivity index (χ1) is 9.05. The van der Waals surface area contributed by atoms with Crippen LogP contribution in [-0.2, 0) is 9.53 Å². The molecule has 1 aliphatic rings. The van der Waals surface area contributed by atoms with Gasteiger partial charge in [0.15, 0.2) is 0 Å². The number of carboxylic acids is 1. The van der Waals surface area contributed by atoms with Crippen LogP contribution in [0.2, 0.25) is 0 Å². The van der Waals surface area contributed by atoms with Gasteiger partial charge >= 0.3 is 5.97 Å². The molecular formula is C15H29NO3. The quantitative estimate of drug-likeness (QED) is 0.737. The van der Waals surface area contributed by atoms with Gasteiger partial charge in [0.2, 0.25) is 0 Å². The van der Waals surface area contributed by atoms with Crippen molar-refractivity contribution in [2.24, 2.45) is 5.41 Å². The van der Waals surface area contributed by atoms with Crippen molar-refractivity contribution in [1.29, 1.82) is 0 Å². The number of hydrogen-bond acceptors (Lipinski definition) is 3. The summed E-state index contributed by atoms with van der Waals surface area (Å²) in [6.07, 6.45) is 4.92. The second-order valence-corrected chi connectivity index (χ2v) is 5.82. The van der Waals surface area contributed by atoms with Gasteiger partial charge in [-0.15, -0.1) is 0 Å². The molecule has 1 aliphatic heterocycles. The van der Waals surface area contributed by atoms with Crippen molar-refractivity contribution in [3.8, 4) is 0 Å². The molecule has 0 aromatic carbocycles. The van der Waals surface area contributed by atoms with Gasteiger partial charge in [0, 0.05) is 19.2 Å². The highest BCUT2D eigenvalue weighted by Gasteiger charge is 2.42. The zero-order valence-corrected chi connectivity index (χ0v) is 12.7. The van der Waals surface area contributed by atoms with E-state index in [2.05, 4.69) is 25.7 Å². The molecule has 1 N–H and O–H groups in total. The van der Waals surface area contributed by atoms with E-state index in [4.69, 9.17) is 4.74 Å². The van der Waals surface area contributed by atoms with Crippen molar-refractivity contribution in [3.05, 3.63) is 0 Å². The van der Waals surface area contributed by atoms with Crippen LogP contribution >= 0.6 is 0 Å². The maximum atomic E-state index is 11.7. The van der Waals surface area contributed by atoms with E-state index in [-0.39, 0.29) is 0 Å². The third kappa shape index (κ3) is 4.46. The van der Waals surface area contributed by atoms with Crippen LogP contribution in [-0.4, -0.2) is 48.3 Å². The first-order valence-corrected chi connectivity index (χ1v) is 7.61. The first-order valence-electron chi connectivity index (χ1n) is 7.61. The van der Waals surface area contributed by atoms with Gasteiger partial charge in [0.25, 0.3) is 0 Å². The summed E-state index contributed by atoms with van der Waals surface area (Å²) in [7, 11) is 0. The highest BCUT2D eigenvalue weighted by molar-refractivity contribution is 5.75. The first kappa shape index (κ1) is 16.4. The minimum atomic E-state index is -0.699. The Kier molecular flexibility index (Phi) is 6.80. The summed E-state index contributed by atoms with van der Waals surface area (Å²) < 4.78 is 5.46. The summed E-state index contributed by atoms with van der Waals surface area (Å²) in [6.45, 7) is 9.20. The smallest absolute Gasteiger partial charge is 0.313 e. The van der Waals surface area contributed by atoms with Crippen LogP contribution < -0.4 is 0 Å². The Bertz CT molecular complexity index is 275. The Morgan fingerprint density at radius 3 is 2.68 bits per heavy atom. The fourth-order valence-corrected chi connectivity index (χ4v) is 2.68. The van der Waals surface area contributed by atoms with E-state index in [0.29, 0.717) is 25.8 Å². The Balaban J connectivity index is 2.74. The van der Waals surface area contributed by atoms with Crippen LogP contribution in [0.15, 0.2) is 0 Å². The van der Waals surface area contributed by atoms with Crippen molar-refractivity contribution in [3.63, 3.8) is 0 Å². The van der Waals surface area contributed by atoms with Gasteiger partial charge in [0.1, 0.15) is 5.41 Å². The molecule has 2 unspecified atom stereocenters. The molecule has 1 fully saturated rings. The average Bonchev–Trinajstić information content (AvgIpc) is 2.43. The van der Waals surface area contributed by atoms with E-state index >= 15 is 0 Å². The van der Waals surface area contributed by atoms with Gasteiger partial charge in [-0.05, 0) is 39.2 Å². The lowest BCUT2D eigenvalue weighted by molar-refractivity contribution is -0.160. The third-order valence-electron chi connectivity index (χ3n) is 4.29. The zero-order chi connectivity index (χ0) is 14.3. The second-order valence-electron chi connectivity index (χ2n) is 5.82. The summed E-state index contributed by atoms with van der Waals surface area (Å²) in [4.78, 5) is 14.0. The Morgan fingerprint density at radius 2 is 2.21 bits per heavy atom. The van der Waals surface area contributed by atoms with E-state index in [1.54, 1.807) is 0 Å². The molecule has 2 atom stereocenters. The number of carboxylic acid groups (broad SMARTS) is 1. The van der Waals surface area contributed by atoms with Crippen LogP contribution in [0.4, 0.5) is 0 Å². The lowest BCUT2D eigenvalue weighted by Gasteiger charge is -2.39. The van der Waals surface area contributed by atoms with Crippen LogP contribution in [0, 0.1) is 5.41 Å². The number of aliphatic carboxylic acids is 1. The number of rotatable bonds is 8. The molecule has 0 saturated carbocycles. The summed E-state index contributed by atoms with van der Waals surface area (Å²) in [5.41, 5.74) is -0.699. The van der Waals surface area contributed by atoms with Gasteiger partial charge in [-0.3, -0.25) is 9.69 Å². The molecule has 0 bridgehead atoms. The highest BCUT2D eigenvalue weighted by Crippen LogP contribution is 2.31. The summed E-state index contributed by atoms with van der Waals surface area (Å²) in [6, 6.07) is 0.435. The van der Waals surface area contributed by atoms with Gasteiger partial charge in [-0.1, -0.05) is 20.3 Å². The molecule has 1 saturated heterocycles. The number of ether oxygens (including phenoxy) is 1. The van der Waals surface area contributed by atoms with E-state index in [1.165, 1.54) is 0 Å². The maximum Gasteiger partial charge on any atom is 0.313 e. The largest absolute Gasteiger partial charge is 0.481 e.